The summed E-state index contributed by atoms with van der Waals surface area (Å²) in [6.45, 7) is 6.02. The van der Waals surface area contributed by atoms with Crippen LogP contribution in [0.15, 0.2) is 4.42 Å². The largest absolute Gasteiger partial charge is 0.464 e. The molecule has 2 aromatic rings. The summed E-state index contributed by atoms with van der Waals surface area (Å²) in [6.07, 6.45) is 0. The summed E-state index contributed by atoms with van der Waals surface area (Å²) in [4.78, 5) is 20.7. The van der Waals surface area contributed by atoms with Crippen molar-refractivity contribution >= 4 is 22.4 Å². The molecule has 0 amide bonds. The highest BCUT2D eigenvalue weighted by Gasteiger charge is 2.16. The van der Waals surface area contributed by atoms with Gasteiger partial charge in [0.25, 0.3) is 0 Å². The summed E-state index contributed by atoms with van der Waals surface area (Å²) in [5, 5.41) is 3.73. The standard InChI is InChI=1S/C12H15N3O3S/c1-6-7(2)18-9(14-6)5-13-12-15-10(8(3)19-12)11(16)17-4/h5H2,1-4H3,(H,13,15). The number of carbonyl (C=O) groups is 1. The van der Waals surface area contributed by atoms with E-state index in [1.165, 1.54) is 18.4 Å². The number of nitrogens with one attached hydrogen (secondary N) is 1. The molecule has 102 valence electrons. The maximum atomic E-state index is 11.4. The molecule has 6 nitrogen and oxygen atoms in total. The van der Waals surface area contributed by atoms with E-state index in [2.05, 4.69) is 20.0 Å². The highest BCUT2D eigenvalue weighted by atomic mass is 32.1. The van der Waals surface area contributed by atoms with Gasteiger partial charge in [0.15, 0.2) is 10.8 Å². The molecule has 0 aliphatic carbocycles. The molecule has 0 unspecified atom stereocenters. The molecule has 0 atom stereocenters. The van der Waals surface area contributed by atoms with Gasteiger partial charge in [-0.05, 0) is 20.8 Å². The Bertz CT molecular complexity index is 584. The second-order valence-corrected chi connectivity index (χ2v) is 5.22. The predicted octanol–water partition coefficient (Wildman–Crippen LogP) is 2.46. The van der Waals surface area contributed by atoms with Crippen LogP contribution in [0.25, 0.3) is 0 Å². The van der Waals surface area contributed by atoms with Crippen LogP contribution in [0, 0.1) is 20.8 Å². The molecule has 2 heterocycles. The number of rotatable bonds is 4. The second kappa shape index (κ2) is 5.40. The highest BCUT2D eigenvalue weighted by Crippen LogP contribution is 2.23. The summed E-state index contributed by atoms with van der Waals surface area (Å²) in [5.41, 5.74) is 1.22. The Kier molecular flexibility index (Phi) is 3.84. The number of hydrogen-bond acceptors (Lipinski definition) is 7. The first kappa shape index (κ1) is 13.5. The van der Waals surface area contributed by atoms with Crippen molar-refractivity contribution in [2.24, 2.45) is 0 Å². The van der Waals surface area contributed by atoms with Crippen molar-refractivity contribution in [2.75, 3.05) is 12.4 Å². The van der Waals surface area contributed by atoms with Crippen molar-refractivity contribution in [2.45, 2.75) is 27.3 Å². The first-order valence-electron chi connectivity index (χ1n) is 5.73. The topological polar surface area (TPSA) is 77.2 Å². The average molecular weight is 281 g/mol. The highest BCUT2D eigenvalue weighted by molar-refractivity contribution is 7.15. The zero-order valence-corrected chi connectivity index (χ0v) is 12.1. The number of hydrogen-bond donors (Lipinski definition) is 1. The third kappa shape index (κ3) is 2.93. The Morgan fingerprint density at radius 1 is 1.37 bits per heavy atom. The third-order valence-electron chi connectivity index (χ3n) is 2.64. The molecule has 0 aliphatic heterocycles. The van der Waals surface area contributed by atoms with E-state index in [0.29, 0.717) is 23.3 Å². The third-order valence-corrected chi connectivity index (χ3v) is 3.57. The van der Waals surface area contributed by atoms with E-state index < -0.39 is 5.97 Å². The van der Waals surface area contributed by atoms with Gasteiger partial charge in [0.2, 0.25) is 5.89 Å². The molecule has 0 saturated heterocycles. The van der Waals surface area contributed by atoms with Gasteiger partial charge in [0, 0.05) is 4.88 Å². The number of esters is 1. The molecule has 19 heavy (non-hydrogen) atoms. The van der Waals surface area contributed by atoms with E-state index >= 15 is 0 Å². The van der Waals surface area contributed by atoms with Gasteiger partial charge in [-0.1, -0.05) is 0 Å². The molecule has 1 N–H and O–H groups in total. The number of methoxy groups -OCH3 is 1. The molecule has 0 aliphatic rings. The number of carbonyl (C=O) groups excluding carboxylic acids is 1. The lowest BCUT2D eigenvalue weighted by Crippen LogP contribution is -2.04. The molecular weight excluding hydrogens is 266 g/mol. The van der Waals surface area contributed by atoms with Crippen molar-refractivity contribution in [3.05, 3.63) is 27.9 Å². The SMILES string of the molecule is COC(=O)c1nc(NCc2nc(C)c(C)o2)sc1C. The molecule has 7 heteroatoms. The molecule has 0 radical (unpaired) electrons. The first-order chi connectivity index (χ1) is 9.01. The zero-order valence-electron chi connectivity index (χ0n) is 11.2. The molecule has 0 bridgehead atoms. The minimum absolute atomic E-state index is 0.342. The Morgan fingerprint density at radius 2 is 2.11 bits per heavy atom. The Morgan fingerprint density at radius 3 is 2.68 bits per heavy atom. The van der Waals surface area contributed by atoms with Gasteiger partial charge < -0.3 is 14.5 Å². The minimum atomic E-state index is -0.426. The smallest absolute Gasteiger partial charge is 0.357 e. The Hall–Kier alpha value is -1.89. The normalized spacial score (nSPS) is 10.5. The zero-order chi connectivity index (χ0) is 14.0. The number of oxazole rings is 1. The van der Waals surface area contributed by atoms with Crippen LogP contribution in [0.1, 0.15) is 32.7 Å². The predicted molar refractivity (Wildman–Crippen MR) is 71.5 cm³/mol. The maximum Gasteiger partial charge on any atom is 0.357 e. The van der Waals surface area contributed by atoms with Crippen molar-refractivity contribution in [3.63, 3.8) is 0 Å². The van der Waals surface area contributed by atoms with Gasteiger partial charge in [0.05, 0.1) is 19.3 Å². The minimum Gasteiger partial charge on any atom is -0.464 e. The van der Waals surface area contributed by atoms with Crippen LogP contribution in [0.3, 0.4) is 0 Å². The van der Waals surface area contributed by atoms with Crippen molar-refractivity contribution in [1.29, 1.82) is 0 Å². The second-order valence-electron chi connectivity index (χ2n) is 4.02. The average Bonchev–Trinajstić information content (AvgIpc) is 2.90. The monoisotopic (exact) mass is 281 g/mol. The first-order valence-corrected chi connectivity index (χ1v) is 6.55. The van der Waals surface area contributed by atoms with Gasteiger partial charge in [-0.3, -0.25) is 0 Å². The number of aromatic nitrogens is 2. The van der Waals surface area contributed by atoms with E-state index in [0.717, 1.165) is 16.3 Å². The molecule has 0 saturated carbocycles. The van der Waals surface area contributed by atoms with E-state index in [1.807, 2.05) is 20.8 Å². The molecule has 2 rings (SSSR count). The van der Waals surface area contributed by atoms with Crippen LogP contribution in [-0.2, 0) is 11.3 Å². The van der Waals surface area contributed by atoms with Gasteiger partial charge in [-0.15, -0.1) is 11.3 Å². The summed E-state index contributed by atoms with van der Waals surface area (Å²) >= 11 is 1.40. The summed E-state index contributed by atoms with van der Waals surface area (Å²) in [5.74, 6) is 0.981. The Labute approximate surface area is 114 Å². The quantitative estimate of drug-likeness (QED) is 0.867. The number of thiazole rings is 1. The van der Waals surface area contributed by atoms with Crippen LogP contribution in [0.2, 0.25) is 0 Å². The fraction of sp³-hybridized carbons (Fsp3) is 0.417. The fourth-order valence-electron chi connectivity index (χ4n) is 1.52. The van der Waals surface area contributed by atoms with Gasteiger partial charge >= 0.3 is 5.97 Å². The number of ether oxygens (including phenoxy) is 1. The van der Waals surface area contributed by atoms with Crippen LogP contribution < -0.4 is 5.32 Å². The summed E-state index contributed by atoms with van der Waals surface area (Å²) < 4.78 is 10.1. The van der Waals surface area contributed by atoms with E-state index in [1.54, 1.807) is 0 Å². The lowest BCUT2D eigenvalue weighted by molar-refractivity contribution is 0.0594. The lowest BCUT2D eigenvalue weighted by atomic mass is 10.4. The van der Waals surface area contributed by atoms with Crippen LogP contribution >= 0.6 is 11.3 Å². The molecular formula is C12H15N3O3S. The fourth-order valence-corrected chi connectivity index (χ4v) is 2.32. The van der Waals surface area contributed by atoms with Crippen molar-refractivity contribution in [3.8, 4) is 0 Å². The Balaban J connectivity index is 2.06. The van der Waals surface area contributed by atoms with Gasteiger partial charge in [-0.25, -0.2) is 14.8 Å². The van der Waals surface area contributed by atoms with Crippen LogP contribution in [-0.4, -0.2) is 23.0 Å². The number of anilines is 1. The molecule has 2 aromatic heterocycles. The van der Waals surface area contributed by atoms with E-state index in [4.69, 9.17) is 4.42 Å². The lowest BCUT2D eigenvalue weighted by Gasteiger charge is -1.97. The van der Waals surface area contributed by atoms with Crippen LogP contribution in [0.5, 0.6) is 0 Å². The van der Waals surface area contributed by atoms with Crippen molar-refractivity contribution in [1.82, 2.24) is 9.97 Å². The van der Waals surface area contributed by atoms with Gasteiger partial charge in [0.1, 0.15) is 5.76 Å². The number of nitrogens with zero attached hydrogens (tertiary/aromatic N) is 2. The number of aryl methyl sites for hydroxylation is 3. The summed E-state index contributed by atoms with van der Waals surface area (Å²) in [7, 11) is 1.34. The summed E-state index contributed by atoms with van der Waals surface area (Å²) in [6, 6.07) is 0. The maximum absolute atomic E-state index is 11.4. The van der Waals surface area contributed by atoms with E-state index in [9.17, 15) is 4.79 Å². The molecule has 0 aromatic carbocycles. The molecule has 0 fully saturated rings. The van der Waals surface area contributed by atoms with Crippen molar-refractivity contribution < 1.29 is 13.9 Å². The van der Waals surface area contributed by atoms with E-state index in [-0.39, 0.29) is 0 Å². The molecule has 0 spiro atoms. The van der Waals surface area contributed by atoms with Gasteiger partial charge in [-0.2, -0.15) is 0 Å². The van der Waals surface area contributed by atoms with Crippen LogP contribution in [0.4, 0.5) is 5.13 Å².